The van der Waals surface area contributed by atoms with E-state index in [1.54, 1.807) is 19.1 Å². The van der Waals surface area contributed by atoms with E-state index in [1.165, 1.54) is 13.1 Å². The fourth-order valence-electron chi connectivity index (χ4n) is 3.01. The van der Waals surface area contributed by atoms with Gasteiger partial charge in [0.1, 0.15) is 5.82 Å². The number of pyridine rings is 1. The summed E-state index contributed by atoms with van der Waals surface area (Å²) in [6, 6.07) is 5.04. The van der Waals surface area contributed by atoms with Crippen LogP contribution in [0.5, 0.6) is 5.88 Å². The van der Waals surface area contributed by atoms with Crippen molar-refractivity contribution in [3.8, 4) is 11.6 Å². The molecule has 0 spiro atoms. The van der Waals surface area contributed by atoms with Crippen molar-refractivity contribution in [2.45, 2.75) is 42.3 Å². The minimum Gasteiger partial charge on any atom is -0.466 e. The fourth-order valence-corrected chi connectivity index (χ4v) is 4.18. The molecule has 1 unspecified atom stereocenters. The van der Waals surface area contributed by atoms with Crippen molar-refractivity contribution in [2.75, 3.05) is 5.84 Å². The molecule has 0 saturated carbocycles. The topological polar surface area (TPSA) is 109 Å². The number of rotatable bonds is 7. The highest BCUT2D eigenvalue weighted by Gasteiger charge is 2.36. The van der Waals surface area contributed by atoms with Gasteiger partial charge in [-0.05, 0) is 37.6 Å². The van der Waals surface area contributed by atoms with Crippen LogP contribution in [-0.4, -0.2) is 26.1 Å². The normalized spacial score (nSPS) is 12.4. The monoisotopic (exact) mass is 532 g/mol. The lowest BCUT2D eigenvalue weighted by Gasteiger charge is -2.17. The summed E-state index contributed by atoms with van der Waals surface area (Å²) >= 11 is 7.06. The SMILES string of the molecule is CCC(Oc1ncccc1Sc1cc(-n2c(=O)cc(C(F)(F)F)n(N)c2=O)c(F)cc1Cl)C(C)=O. The molecule has 0 aliphatic heterocycles. The van der Waals surface area contributed by atoms with Gasteiger partial charge in [0.2, 0.25) is 5.88 Å². The maximum Gasteiger partial charge on any atom is 0.433 e. The molecule has 0 aliphatic carbocycles. The van der Waals surface area contributed by atoms with E-state index in [0.717, 1.165) is 23.9 Å². The van der Waals surface area contributed by atoms with Gasteiger partial charge in [-0.15, -0.1) is 0 Å². The third-order valence-corrected chi connectivity index (χ3v) is 6.22. The third-order valence-electron chi connectivity index (χ3n) is 4.70. The highest BCUT2D eigenvalue weighted by Crippen LogP contribution is 2.39. The molecule has 35 heavy (non-hydrogen) atoms. The highest BCUT2D eigenvalue weighted by atomic mass is 35.5. The van der Waals surface area contributed by atoms with Crippen LogP contribution in [0, 0.1) is 5.82 Å². The molecule has 0 amide bonds. The molecule has 14 heteroatoms. The van der Waals surface area contributed by atoms with Gasteiger partial charge >= 0.3 is 11.9 Å². The Morgan fingerprint density at radius 3 is 2.54 bits per heavy atom. The summed E-state index contributed by atoms with van der Waals surface area (Å²) in [5.41, 5.74) is -5.42. The van der Waals surface area contributed by atoms with Crippen LogP contribution in [0.1, 0.15) is 26.0 Å². The summed E-state index contributed by atoms with van der Waals surface area (Å²) in [5.74, 6) is 3.95. The molecule has 3 rings (SSSR count). The first-order chi connectivity index (χ1) is 16.3. The van der Waals surface area contributed by atoms with E-state index < -0.39 is 40.7 Å². The van der Waals surface area contributed by atoms with Crippen molar-refractivity contribution in [3.63, 3.8) is 0 Å². The molecule has 0 fully saturated rings. The van der Waals surface area contributed by atoms with Crippen molar-refractivity contribution in [2.24, 2.45) is 0 Å². The Balaban J connectivity index is 2.11. The number of aromatic nitrogens is 3. The van der Waals surface area contributed by atoms with Gasteiger partial charge < -0.3 is 10.6 Å². The molecule has 0 aliphatic rings. The van der Waals surface area contributed by atoms with Gasteiger partial charge in [0.25, 0.3) is 5.56 Å². The summed E-state index contributed by atoms with van der Waals surface area (Å²) in [6.07, 6.45) is -4.05. The standard InChI is InChI=1S/C21H17ClF4N4O4S/c1-3-14(10(2)31)34-19-15(5-4-6-28-19)35-16-8-13(12(23)7-11(16)22)29-18(32)9-17(21(24,25)26)30(27)20(29)33/h4-9,14H,3,27H2,1-2H3. The number of Topliss-reactive ketones (excluding diaryl/α,β-unsaturated/α-hetero) is 1. The van der Waals surface area contributed by atoms with Gasteiger partial charge in [-0.2, -0.15) is 13.2 Å². The van der Waals surface area contributed by atoms with Crippen molar-refractivity contribution in [3.05, 3.63) is 73.9 Å². The van der Waals surface area contributed by atoms with Gasteiger partial charge in [-0.1, -0.05) is 30.3 Å². The molecule has 3 aromatic rings. The Labute approximate surface area is 204 Å². The van der Waals surface area contributed by atoms with E-state index >= 15 is 0 Å². The smallest absolute Gasteiger partial charge is 0.433 e. The lowest BCUT2D eigenvalue weighted by molar-refractivity contribution is -0.143. The number of nitrogens with two attached hydrogens (primary N) is 1. The Morgan fingerprint density at radius 1 is 1.26 bits per heavy atom. The van der Waals surface area contributed by atoms with E-state index in [4.69, 9.17) is 22.2 Å². The maximum absolute atomic E-state index is 14.7. The molecule has 8 nitrogen and oxygen atoms in total. The van der Waals surface area contributed by atoms with Crippen molar-refractivity contribution in [1.29, 1.82) is 0 Å². The first-order valence-corrected chi connectivity index (χ1v) is 11.0. The van der Waals surface area contributed by atoms with E-state index in [9.17, 15) is 31.9 Å². The summed E-state index contributed by atoms with van der Waals surface area (Å²) in [6.45, 7) is 3.11. The number of benzene rings is 1. The zero-order valence-electron chi connectivity index (χ0n) is 18.1. The predicted octanol–water partition coefficient (Wildman–Crippen LogP) is 3.82. The molecule has 2 N–H and O–H groups in total. The van der Waals surface area contributed by atoms with Crippen LogP contribution in [0.4, 0.5) is 17.6 Å². The van der Waals surface area contributed by atoms with Crippen molar-refractivity contribution < 1.29 is 27.1 Å². The Kier molecular flexibility index (Phi) is 7.60. The predicted molar refractivity (Wildman–Crippen MR) is 120 cm³/mol. The number of ether oxygens (including phenoxy) is 1. The molecule has 0 radical (unpaired) electrons. The number of hydrogen-bond acceptors (Lipinski definition) is 7. The highest BCUT2D eigenvalue weighted by molar-refractivity contribution is 7.99. The Morgan fingerprint density at radius 2 is 1.94 bits per heavy atom. The number of alkyl halides is 3. The van der Waals surface area contributed by atoms with E-state index in [2.05, 4.69) is 4.98 Å². The van der Waals surface area contributed by atoms with Gasteiger partial charge in [-0.25, -0.2) is 23.4 Å². The van der Waals surface area contributed by atoms with Crippen LogP contribution in [0.25, 0.3) is 5.69 Å². The van der Waals surface area contributed by atoms with Crippen LogP contribution < -0.4 is 21.8 Å². The molecule has 0 bridgehead atoms. The van der Waals surface area contributed by atoms with Crippen LogP contribution in [0.3, 0.4) is 0 Å². The van der Waals surface area contributed by atoms with Crippen LogP contribution >= 0.6 is 23.4 Å². The van der Waals surface area contributed by atoms with Gasteiger partial charge in [0.15, 0.2) is 17.6 Å². The lowest BCUT2D eigenvalue weighted by Crippen LogP contribution is -2.45. The minimum atomic E-state index is -5.08. The molecular formula is C21H17ClF4N4O4S. The summed E-state index contributed by atoms with van der Waals surface area (Å²) in [4.78, 5) is 41.2. The number of ketones is 1. The van der Waals surface area contributed by atoms with Crippen LogP contribution in [-0.2, 0) is 11.0 Å². The molecule has 0 saturated heterocycles. The van der Waals surface area contributed by atoms with Crippen LogP contribution in [0.15, 0.2) is 55.9 Å². The maximum atomic E-state index is 14.7. The molecule has 2 aromatic heterocycles. The first kappa shape index (κ1) is 26.3. The van der Waals surface area contributed by atoms with Gasteiger partial charge in [0.05, 0.1) is 15.6 Å². The fraction of sp³-hybridized carbons (Fsp3) is 0.238. The minimum absolute atomic E-state index is 0.0810. The number of carbonyl (C=O) groups is 1. The van der Waals surface area contributed by atoms with Crippen LogP contribution in [0.2, 0.25) is 5.02 Å². The second-order valence-corrected chi connectivity index (χ2v) is 8.61. The number of halogens is 5. The van der Waals surface area contributed by atoms with E-state index in [-0.39, 0.29) is 36.9 Å². The summed E-state index contributed by atoms with van der Waals surface area (Å²) in [5, 5.41) is -0.127. The van der Waals surface area contributed by atoms with Gasteiger partial charge in [-0.3, -0.25) is 9.59 Å². The average Bonchev–Trinajstić information content (AvgIpc) is 2.77. The lowest BCUT2D eigenvalue weighted by atomic mass is 10.2. The summed E-state index contributed by atoms with van der Waals surface area (Å²) in [7, 11) is 0. The van der Waals surface area contributed by atoms with E-state index in [0.29, 0.717) is 11.3 Å². The molecule has 1 atom stereocenters. The quantitative estimate of drug-likeness (QED) is 0.364. The Bertz CT molecular complexity index is 1410. The number of nitrogens with zero attached hydrogens (tertiary/aromatic N) is 3. The number of carbonyl (C=O) groups excluding carboxylic acids is 1. The van der Waals surface area contributed by atoms with Gasteiger partial charge in [0, 0.05) is 17.2 Å². The molecule has 1 aromatic carbocycles. The third kappa shape index (κ3) is 5.51. The van der Waals surface area contributed by atoms with Crippen molar-refractivity contribution in [1.82, 2.24) is 14.2 Å². The second kappa shape index (κ2) is 10.1. The first-order valence-electron chi connectivity index (χ1n) is 9.85. The summed E-state index contributed by atoms with van der Waals surface area (Å²) < 4.78 is 59.5. The Hall–Kier alpha value is -3.32. The number of hydrogen-bond donors (Lipinski definition) is 1. The zero-order chi connectivity index (χ0) is 26.1. The molecular weight excluding hydrogens is 516 g/mol. The number of nitrogen functional groups attached to an aromatic ring is 1. The van der Waals surface area contributed by atoms with E-state index in [1.807, 2.05) is 0 Å². The average molecular weight is 533 g/mol. The largest absolute Gasteiger partial charge is 0.466 e. The molecule has 186 valence electrons. The zero-order valence-corrected chi connectivity index (χ0v) is 19.7. The second-order valence-electron chi connectivity index (χ2n) is 7.12. The van der Waals surface area contributed by atoms with Crippen molar-refractivity contribution >= 4 is 29.1 Å². The molecule has 2 heterocycles.